The van der Waals surface area contributed by atoms with E-state index in [1.54, 1.807) is 37.3 Å². The Bertz CT molecular complexity index is 1380. The SMILES string of the molecule is Cc1cc(NC(=O)[C@@H](C)N2C(=O)c3ccccc3C2=O)c2ccc3ccccc3c2n1. The van der Waals surface area contributed by atoms with Gasteiger partial charge in [0.1, 0.15) is 6.04 Å². The summed E-state index contributed by atoms with van der Waals surface area (Å²) in [4.78, 5) is 44.2. The number of anilines is 1. The van der Waals surface area contributed by atoms with E-state index in [1.165, 1.54) is 0 Å². The smallest absolute Gasteiger partial charge is 0.262 e. The summed E-state index contributed by atoms with van der Waals surface area (Å²) >= 11 is 0. The molecular formula is C25H19N3O3. The van der Waals surface area contributed by atoms with E-state index in [-0.39, 0.29) is 0 Å². The summed E-state index contributed by atoms with van der Waals surface area (Å²) in [6.45, 7) is 3.42. The van der Waals surface area contributed by atoms with Crippen LogP contribution in [0.25, 0.3) is 21.7 Å². The summed E-state index contributed by atoms with van der Waals surface area (Å²) < 4.78 is 0. The summed E-state index contributed by atoms with van der Waals surface area (Å²) in [5, 5.41) is 5.76. The zero-order chi connectivity index (χ0) is 21.7. The molecule has 3 aromatic carbocycles. The van der Waals surface area contributed by atoms with Crippen LogP contribution in [0.5, 0.6) is 0 Å². The largest absolute Gasteiger partial charge is 0.324 e. The Balaban J connectivity index is 1.50. The highest BCUT2D eigenvalue weighted by molar-refractivity contribution is 6.23. The van der Waals surface area contributed by atoms with Crippen molar-refractivity contribution in [3.63, 3.8) is 0 Å². The molecule has 2 heterocycles. The molecule has 3 amide bonds. The molecule has 1 aliphatic rings. The lowest BCUT2D eigenvalue weighted by molar-refractivity contribution is -0.119. The molecule has 5 rings (SSSR count). The fourth-order valence-electron chi connectivity index (χ4n) is 4.11. The molecule has 152 valence electrons. The van der Waals surface area contributed by atoms with Gasteiger partial charge in [0.15, 0.2) is 0 Å². The van der Waals surface area contributed by atoms with E-state index < -0.39 is 23.8 Å². The highest BCUT2D eigenvalue weighted by atomic mass is 16.2. The van der Waals surface area contributed by atoms with Crippen LogP contribution < -0.4 is 5.32 Å². The minimum absolute atomic E-state index is 0.323. The van der Waals surface area contributed by atoms with Crippen LogP contribution in [0.2, 0.25) is 0 Å². The number of pyridine rings is 1. The number of hydrogen-bond acceptors (Lipinski definition) is 4. The van der Waals surface area contributed by atoms with Crippen molar-refractivity contribution in [3.05, 3.63) is 83.6 Å². The Morgan fingerprint density at radius 3 is 2.26 bits per heavy atom. The van der Waals surface area contributed by atoms with Crippen LogP contribution in [0.1, 0.15) is 33.3 Å². The maximum absolute atomic E-state index is 13.1. The Morgan fingerprint density at radius 2 is 1.55 bits per heavy atom. The van der Waals surface area contributed by atoms with E-state index in [1.807, 2.05) is 43.3 Å². The lowest BCUT2D eigenvalue weighted by atomic mass is 10.0. The second kappa shape index (κ2) is 7.02. The molecule has 0 aliphatic carbocycles. The molecular weight excluding hydrogens is 390 g/mol. The Kier molecular flexibility index (Phi) is 4.29. The van der Waals surface area contributed by atoms with Gasteiger partial charge in [0.05, 0.1) is 22.3 Å². The lowest BCUT2D eigenvalue weighted by Crippen LogP contribution is -2.45. The minimum atomic E-state index is -0.962. The molecule has 0 fully saturated rings. The van der Waals surface area contributed by atoms with Crippen molar-refractivity contribution in [3.8, 4) is 0 Å². The molecule has 0 bridgehead atoms. The zero-order valence-electron chi connectivity index (χ0n) is 17.0. The number of amides is 3. The van der Waals surface area contributed by atoms with E-state index in [2.05, 4.69) is 10.3 Å². The Labute approximate surface area is 178 Å². The zero-order valence-corrected chi connectivity index (χ0v) is 17.0. The van der Waals surface area contributed by atoms with Crippen molar-refractivity contribution in [2.24, 2.45) is 0 Å². The molecule has 1 N–H and O–H groups in total. The number of nitrogens with one attached hydrogen (secondary N) is 1. The Morgan fingerprint density at radius 1 is 0.903 bits per heavy atom. The first kappa shape index (κ1) is 18.9. The summed E-state index contributed by atoms with van der Waals surface area (Å²) in [6.07, 6.45) is 0. The van der Waals surface area contributed by atoms with Gasteiger partial charge in [0.2, 0.25) is 5.91 Å². The topological polar surface area (TPSA) is 79.4 Å². The number of fused-ring (bicyclic) bond motifs is 4. The number of imide groups is 1. The first-order valence-corrected chi connectivity index (χ1v) is 10.0. The maximum atomic E-state index is 13.1. The third-order valence-corrected chi connectivity index (χ3v) is 5.68. The molecule has 0 unspecified atom stereocenters. The molecule has 0 saturated carbocycles. The van der Waals surface area contributed by atoms with Crippen molar-refractivity contribution in [2.45, 2.75) is 19.9 Å². The second-order valence-corrected chi connectivity index (χ2v) is 7.69. The van der Waals surface area contributed by atoms with Crippen LogP contribution >= 0.6 is 0 Å². The van der Waals surface area contributed by atoms with Gasteiger partial charge in [0, 0.05) is 16.5 Å². The molecule has 31 heavy (non-hydrogen) atoms. The van der Waals surface area contributed by atoms with Crippen molar-refractivity contribution in [1.29, 1.82) is 0 Å². The third-order valence-electron chi connectivity index (χ3n) is 5.68. The van der Waals surface area contributed by atoms with Gasteiger partial charge in [-0.2, -0.15) is 0 Å². The average Bonchev–Trinajstić information content (AvgIpc) is 3.03. The lowest BCUT2D eigenvalue weighted by Gasteiger charge is -2.22. The summed E-state index contributed by atoms with van der Waals surface area (Å²) in [7, 11) is 0. The van der Waals surface area contributed by atoms with Gasteiger partial charge in [-0.3, -0.25) is 24.3 Å². The van der Waals surface area contributed by atoms with Gasteiger partial charge < -0.3 is 5.32 Å². The first-order valence-electron chi connectivity index (χ1n) is 10.0. The quantitative estimate of drug-likeness (QED) is 0.404. The molecule has 1 aromatic heterocycles. The summed E-state index contributed by atoms with van der Waals surface area (Å²) in [6, 6.07) is 19.3. The van der Waals surface area contributed by atoms with E-state index in [4.69, 9.17) is 0 Å². The van der Waals surface area contributed by atoms with Crippen molar-refractivity contribution in [2.75, 3.05) is 5.32 Å². The molecule has 0 radical (unpaired) electrons. The number of hydrogen-bond donors (Lipinski definition) is 1. The fourth-order valence-corrected chi connectivity index (χ4v) is 4.11. The van der Waals surface area contributed by atoms with Crippen LogP contribution in [0.4, 0.5) is 5.69 Å². The van der Waals surface area contributed by atoms with Crippen LogP contribution in [-0.2, 0) is 4.79 Å². The van der Waals surface area contributed by atoms with Gasteiger partial charge in [-0.15, -0.1) is 0 Å². The summed E-state index contributed by atoms with van der Waals surface area (Å²) in [5.74, 6) is -1.34. The number of carbonyl (C=O) groups is 3. The molecule has 4 aromatic rings. The van der Waals surface area contributed by atoms with Crippen LogP contribution in [0.3, 0.4) is 0 Å². The van der Waals surface area contributed by atoms with Crippen LogP contribution in [0.15, 0.2) is 66.7 Å². The molecule has 1 atom stereocenters. The van der Waals surface area contributed by atoms with Gasteiger partial charge in [0.25, 0.3) is 11.8 Å². The van der Waals surface area contributed by atoms with Crippen LogP contribution in [-0.4, -0.2) is 33.6 Å². The molecule has 0 spiro atoms. The number of aryl methyl sites for hydroxylation is 1. The predicted octanol–water partition coefficient (Wildman–Crippen LogP) is 4.32. The molecule has 1 aliphatic heterocycles. The molecule has 6 nitrogen and oxygen atoms in total. The third kappa shape index (κ3) is 2.95. The van der Waals surface area contributed by atoms with Gasteiger partial charge in [-0.25, -0.2) is 0 Å². The number of benzene rings is 3. The number of aromatic nitrogens is 1. The van der Waals surface area contributed by atoms with E-state index in [9.17, 15) is 14.4 Å². The number of carbonyl (C=O) groups excluding carboxylic acids is 3. The van der Waals surface area contributed by atoms with Gasteiger partial charge in [-0.1, -0.05) is 48.5 Å². The number of nitrogens with zero attached hydrogens (tertiary/aromatic N) is 2. The van der Waals surface area contributed by atoms with E-state index in [0.717, 1.165) is 32.3 Å². The van der Waals surface area contributed by atoms with Gasteiger partial charge in [-0.05, 0) is 37.4 Å². The maximum Gasteiger partial charge on any atom is 0.262 e. The van der Waals surface area contributed by atoms with Gasteiger partial charge >= 0.3 is 0 Å². The predicted molar refractivity (Wildman–Crippen MR) is 119 cm³/mol. The standard InChI is InChI=1S/C25H19N3O3/c1-14-13-21(20-12-11-16-7-3-4-8-17(16)22(20)26-14)27-23(29)15(2)28-24(30)18-9-5-6-10-19(18)25(28)31/h3-13,15H,1-2H3,(H,26,27,29)/t15-/m1/s1. The highest BCUT2D eigenvalue weighted by Crippen LogP contribution is 2.30. The molecule has 6 heteroatoms. The van der Waals surface area contributed by atoms with Crippen LogP contribution in [0, 0.1) is 6.92 Å². The first-order chi connectivity index (χ1) is 15.0. The highest BCUT2D eigenvalue weighted by Gasteiger charge is 2.40. The molecule has 0 saturated heterocycles. The minimum Gasteiger partial charge on any atom is -0.324 e. The van der Waals surface area contributed by atoms with Crippen molar-refractivity contribution < 1.29 is 14.4 Å². The average molecular weight is 409 g/mol. The van der Waals surface area contributed by atoms with E-state index in [0.29, 0.717) is 16.8 Å². The fraction of sp³-hybridized carbons (Fsp3) is 0.120. The Hall–Kier alpha value is -4.06. The number of rotatable bonds is 3. The second-order valence-electron chi connectivity index (χ2n) is 7.69. The van der Waals surface area contributed by atoms with Crippen molar-refractivity contribution in [1.82, 2.24) is 9.88 Å². The summed E-state index contributed by atoms with van der Waals surface area (Å²) in [5.41, 5.74) is 2.80. The normalized spacial score (nSPS) is 14.2. The van der Waals surface area contributed by atoms with E-state index >= 15 is 0 Å². The monoisotopic (exact) mass is 409 g/mol. The van der Waals surface area contributed by atoms with Crippen molar-refractivity contribution >= 4 is 45.1 Å².